The van der Waals surface area contributed by atoms with Crippen molar-refractivity contribution in [3.63, 3.8) is 0 Å². The highest BCUT2D eigenvalue weighted by Crippen LogP contribution is 2.32. The molecule has 186 valence electrons. The van der Waals surface area contributed by atoms with Gasteiger partial charge in [0.25, 0.3) is 0 Å². The highest BCUT2D eigenvalue weighted by Gasteiger charge is 2.41. The lowest BCUT2D eigenvalue weighted by molar-refractivity contribution is -0.133. The first kappa shape index (κ1) is 25.4. The number of carbonyl (C=O) groups excluding carboxylic acids is 2. The molecule has 0 bridgehead atoms. The maximum atomic E-state index is 13.8. The Kier molecular flexibility index (Phi) is 7.70. The first-order valence-electron chi connectivity index (χ1n) is 11.9. The van der Waals surface area contributed by atoms with Crippen LogP contribution in [0.3, 0.4) is 0 Å². The van der Waals surface area contributed by atoms with Crippen LogP contribution < -0.4 is 0 Å². The van der Waals surface area contributed by atoms with E-state index in [0.717, 1.165) is 10.5 Å². The molecular formula is C29H29NO5S. The van der Waals surface area contributed by atoms with Crippen molar-refractivity contribution in [3.8, 4) is 0 Å². The van der Waals surface area contributed by atoms with Crippen LogP contribution in [0.1, 0.15) is 25.0 Å². The molecule has 0 aromatic heterocycles. The number of rotatable bonds is 8. The summed E-state index contributed by atoms with van der Waals surface area (Å²) in [6, 6.07) is 26.0. The fourth-order valence-corrected chi connectivity index (χ4v) is 5.85. The summed E-state index contributed by atoms with van der Waals surface area (Å²) in [6.45, 7) is 3.77. The zero-order valence-corrected chi connectivity index (χ0v) is 21.1. The molecule has 0 spiro atoms. The van der Waals surface area contributed by atoms with Crippen molar-refractivity contribution in [1.29, 1.82) is 0 Å². The Morgan fingerprint density at radius 1 is 0.944 bits per heavy atom. The number of ether oxygens (including phenoxy) is 1. The zero-order valence-electron chi connectivity index (χ0n) is 20.3. The van der Waals surface area contributed by atoms with E-state index in [1.807, 2.05) is 44.2 Å². The third-order valence-electron chi connectivity index (χ3n) is 6.25. The molecule has 3 aromatic carbocycles. The molecule has 0 saturated carbocycles. The number of hydrogen-bond acceptors (Lipinski definition) is 5. The van der Waals surface area contributed by atoms with Gasteiger partial charge in [0.2, 0.25) is 15.7 Å². The van der Waals surface area contributed by atoms with Gasteiger partial charge in [-0.15, -0.1) is 0 Å². The molecule has 0 N–H and O–H groups in total. The average molecular weight is 504 g/mol. The van der Waals surface area contributed by atoms with Gasteiger partial charge in [-0.3, -0.25) is 4.79 Å². The minimum atomic E-state index is -3.94. The third kappa shape index (κ3) is 5.41. The van der Waals surface area contributed by atoms with Gasteiger partial charge in [0.1, 0.15) is 6.61 Å². The molecule has 1 saturated heterocycles. The molecule has 1 heterocycles. The van der Waals surface area contributed by atoms with E-state index < -0.39 is 33.8 Å². The Bertz CT molecular complexity index is 1340. The number of cyclic esters (lactones) is 1. The largest absolute Gasteiger partial charge is 0.447 e. The van der Waals surface area contributed by atoms with Crippen molar-refractivity contribution in [2.24, 2.45) is 11.8 Å². The van der Waals surface area contributed by atoms with Crippen molar-refractivity contribution in [2.75, 3.05) is 6.61 Å². The summed E-state index contributed by atoms with van der Waals surface area (Å²) in [5, 5.41) is 0. The van der Waals surface area contributed by atoms with Crippen LogP contribution in [0.2, 0.25) is 0 Å². The summed E-state index contributed by atoms with van der Waals surface area (Å²) >= 11 is 0. The SMILES string of the molecule is CC(C)[C@H](/C=C(/c1ccccc1)S(=O)(=O)c1ccccc1)C(=O)N1C(=O)OC[C@@H]1Cc1ccccc1. The van der Waals surface area contributed by atoms with E-state index >= 15 is 0 Å². The molecule has 1 fully saturated rings. The van der Waals surface area contributed by atoms with Crippen LogP contribution in [-0.2, 0) is 25.8 Å². The summed E-state index contributed by atoms with van der Waals surface area (Å²) in [6.07, 6.45) is 1.25. The van der Waals surface area contributed by atoms with Gasteiger partial charge in [0.05, 0.1) is 21.8 Å². The quantitative estimate of drug-likeness (QED) is 0.413. The molecule has 6 nitrogen and oxygen atoms in total. The van der Waals surface area contributed by atoms with Crippen LogP contribution in [0, 0.1) is 11.8 Å². The standard InChI is InChI=1S/C29H29NO5S/c1-21(2)26(28(31)30-24(20-35-29(30)32)18-22-12-6-3-7-13-22)19-27(23-14-8-4-9-15-23)36(33,34)25-16-10-5-11-17-25/h3-17,19,21,24,26H,18,20H2,1-2H3/b27-19-/t24-,26-/m0/s1. The fraction of sp³-hybridized carbons (Fsp3) is 0.241. The average Bonchev–Trinajstić information content (AvgIpc) is 3.25. The minimum Gasteiger partial charge on any atom is -0.447 e. The molecule has 3 aromatic rings. The van der Waals surface area contributed by atoms with Gasteiger partial charge in [-0.2, -0.15) is 0 Å². The smallest absolute Gasteiger partial charge is 0.417 e. The summed E-state index contributed by atoms with van der Waals surface area (Å²) in [5.41, 5.74) is 1.46. The molecule has 2 atom stereocenters. The van der Waals surface area contributed by atoms with E-state index in [1.165, 1.54) is 18.2 Å². The molecule has 7 heteroatoms. The highest BCUT2D eigenvalue weighted by atomic mass is 32.2. The number of hydrogen-bond donors (Lipinski definition) is 0. The predicted molar refractivity (Wildman–Crippen MR) is 139 cm³/mol. The third-order valence-corrected chi connectivity index (χ3v) is 8.09. The van der Waals surface area contributed by atoms with Crippen LogP contribution in [0.25, 0.3) is 4.91 Å². The van der Waals surface area contributed by atoms with Crippen LogP contribution in [0.4, 0.5) is 4.79 Å². The molecule has 0 aliphatic carbocycles. The van der Waals surface area contributed by atoms with Gasteiger partial charge in [0, 0.05) is 0 Å². The van der Waals surface area contributed by atoms with Gasteiger partial charge in [-0.1, -0.05) is 98.8 Å². The zero-order chi connectivity index (χ0) is 25.7. The van der Waals surface area contributed by atoms with Crippen molar-refractivity contribution in [2.45, 2.75) is 31.2 Å². The van der Waals surface area contributed by atoms with Crippen molar-refractivity contribution < 1.29 is 22.7 Å². The second kappa shape index (κ2) is 10.9. The maximum Gasteiger partial charge on any atom is 0.417 e. The normalized spacial score (nSPS) is 17.2. The van der Waals surface area contributed by atoms with E-state index in [0.29, 0.717) is 12.0 Å². The lowest BCUT2D eigenvalue weighted by Crippen LogP contribution is -2.44. The van der Waals surface area contributed by atoms with Crippen molar-refractivity contribution >= 4 is 26.7 Å². The van der Waals surface area contributed by atoms with E-state index in [9.17, 15) is 18.0 Å². The van der Waals surface area contributed by atoms with Gasteiger partial charge < -0.3 is 4.74 Å². The summed E-state index contributed by atoms with van der Waals surface area (Å²) in [4.78, 5) is 27.8. The summed E-state index contributed by atoms with van der Waals surface area (Å²) < 4.78 is 32.7. The van der Waals surface area contributed by atoms with Gasteiger partial charge in [-0.05, 0) is 35.6 Å². The second-order valence-electron chi connectivity index (χ2n) is 9.11. The van der Waals surface area contributed by atoms with E-state index in [-0.39, 0.29) is 22.3 Å². The minimum absolute atomic E-state index is 0.0357. The molecule has 4 rings (SSSR count). The number of amides is 2. The number of nitrogens with zero attached hydrogens (tertiary/aromatic N) is 1. The van der Waals surface area contributed by atoms with Gasteiger partial charge in [-0.25, -0.2) is 18.1 Å². The van der Waals surface area contributed by atoms with Crippen LogP contribution >= 0.6 is 0 Å². The van der Waals surface area contributed by atoms with Crippen LogP contribution in [0.5, 0.6) is 0 Å². The number of carbonyl (C=O) groups is 2. The topological polar surface area (TPSA) is 80.8 Å². The van der Waals surface area contributed by atoms with E-state index in [1.54, 1.807) is 48.5 Å². The van der Waals surface area contributed by atoms with Gasteiger partial charge in [0.15, 0.2) is 0 Å². The number of benzene rings is 3. The number of imide groups is 1. The van der Waals surface area contributed by atoms with E-state index in [2.05, 4.69) is 0 Å². The molecule has 0 radical (unpaired) electrons. The maximum absolute atomic E-state index is 13.8. The number of sulfone groups is 1. The van der Waals surface area contributed by atoms with Crippen LogP contribution in [-0.4, -0.2) is 38.0 Å². The van der Waals surface area contributed by atoms with Crippen molar-refractivity contribution in [3.05, 3.63) is 108 Å². The lowest BCUT2D eigenvalue weighted by atomic mass is 9.92. The Balaban J connectivity index is 1.75. The van der Waals surface area contributed by atoms with Gasteiger partial charge >= 0.3 is 6.09 Å². The first-order chi connectivity index (χ1) is 17.3. The predicted octanol–water partition coefficient (Wildman–Crippen LogP) is 5.36. The fourth-order valence-electron chi connectivity index (χ4n) is 4.31. The Morgan fingerprint density at radius 2 is 1.50 bits per heavy atom. The van der Waals surface area contributed by atoms with E-state index in [4.69, 9.17) is 4.74 Å². The van der Waals surface area contributed by atoms with Crippen LogP contribution in [0.15, 0.2) is 102 Å². The molecular weight excluding hydrogens is 474 g/mol. The monoisotopic (exact) mass is 503 g/mol. The first-order valence-corrected chi connectivity index (χ1v) is 13.4. The molecule has 1 aliphatic rings. The molecule has 1 aliphatic heterocycles. The molecule has 2 amide bonds. The molecule has 0 unspecified atom stereocenters. The highest BCUT2D eigenvalue weighted by molar-refractivity contribution is 8.00. The Labute approximate surface area is 212 Å². The van der Waals surface area contributed by atoms with Crippen molar-refractivity contribution in [1.82, 2.24) is 4.90 Å². The Morgan fingerprint density at radius 3 is 2.08 bits per heavy atom. The summed E-state index contributed by atoms with van der Waals surface area (Å²) in [7, 11) is -3.94. The lowest BCUT2D eigenvalue weighted by Gasteiger charge is -2.26. The molecule has 36 heavy (non-hydrogen) atoms. The second-order valence-corrected chi connectivity index (χ2v) is 11.0. The summed E-state index contributed by atoms with van der Waals surface area (Å²) in [5.74, 6) is -1.60. The Hall–Kier alpha value is -3.71.